The highest BCUT2D eigenvalue weighted by Gasteiger charge is 2.15. The lowest BCUT2D eigenvalue weighted by atomic mass is 10.2. The van der Waals surface area contributed by atoms with Crippen LogP contribution in [0.1, 0.15) is 19.4 Å². The molecule has 0 heterocycles. The second-order valence-corrected chi connectivity index (χ2v) is 4.60. The Labute approximate surface area is 120 Å². The quantitative estimate of drug-likeness (QED) is 0.825. The van der Waals surface area contributed by atoms with Crippen molar-refractivity contribution in [3.8, 4) is 6.07 Å². The predicted molar refractivity (Wildman–Crippen MR) is 78.4 cm³/mol. The Morgan fingerprint density at radius 2 is 2.10 bits per heavy atom. The molecular weight excluding hydrogens is 254 g/mol. The molecular formula is C15H21N3O2. The fraction of sp³-hybridized carbons (Fsp3) is 0.467. The van der Waals surface area contributed by atoms with Gasteiger partial charge in [-0.1, -0.05) is 6.92 Å². The third-order valence-corrected chi connectivity index (χ3v) is 3.08. The smallest absolute Gasteiger partial charge is 0.238 e. The fourth-order valence-corrected chi connectivity index (χ4v) is 1.94. The predicted octanol–water partition coefficient (Wildman–Crippen LogP) is 1.85. The second kappa shape index (κ2) is 8.31. The van der Waals surface area contributed by atoms with Gasteiger partial charge in [0.15, 0.2) is 0 Å². The van der Waals surface area contributed by atoms with Crippen molar-refractivity contribution in [3.63, 3.8) is 0 Å². The van der Waals surface area contributed by atoms with E-state index >= 15 is 0 Å². The van der Waals surface area contributed by atoms with E-state index in [1.54, 1.807) is 31.4 Å². The van der Waals surface area contributed by atoms with Crippen molar-refractivity contribution in [3.05, 3.63) is 29.8 Å². The summed E-state index contributed by atoms with van der Waals surface area (Å²) >= 11 is 0. The van der Waals surface area contributed by atoms with E-state index < -0.39 is 0 Å². The Balaban J connectivity index is 2.55. The maximum absolute atomic E-state index is 12.0. The Morgan fingerprint density at radius 3 is 2.60 bits per heavy atom. The van der Waals surface area contributed by atoms with Gasteiger partial charge in [0.25, 0.3) is 0 Å². The molecule has 0 aliphatic heterocycles. The number of anilines is 1. The molecule has 1 aromatic rings. The number of nitrogens with one attached hydrogen (secondary N) is 1. The largest absolute Gasteiger partial charge is 0.383 e. The maximum Gasteiger partial charge on any atom is 0.238 e. The average molecular weight is 275 g/mol. The summed E-state index contributed by atoms with van der Waals surface area (Å²) in [7, 11) is 1.65. The molecule has 0 fully saturated rings. The summed E-state index contributed by atoms with van der Waals surface area (Å²) in [6.07, 6.45) is 0. The first kappa shape index (κ1) is 16.2. The van der Waals surface area contributed by atoms with Gasteiger partial charge in [0.2, 0.25) is 5.91 Å². The van der Waals surface area contributed by atoms with Gasteiger partial charge in [-0.25, -0.2) is 0 Å². The summed E-state index contributed by atoms with van der Waals surface area (Å²) in [4.78, 5) is 14.0. The van der Waals surface area contributed by atoms with Crippen molar-refractivity contribution in [2.45, 2.75) is 19.9 Å². The standard InChI is InChI=1S/C15H21N3O2/c1-4-18(12(2)11-20-3)10-15(19)17-14-7-5-13(9-16)6-8-14/h5-8,12H,4,10-11H2,1-3H3,(H,17,19). The molecule has 1 rings (SSSR count). The molecule has 0 aliphatic carbocycles. The maximum atomic E-state index is 12.0. The van der Waals surface area contributed by atoms with Gasteiger partial charge in [0, 0.05) is 18.8 Å². The van der Waals surface area contributed by atoms with Crippen LogP contribution in [0.2, 0.25) is 0 Å². The zero-order valence-electron chi connectivity index (χ0n) is 12.2. The summed E-state index contributed by atoms with van der Waals surface area (Å²) in [5, 5.41) is 11.5. The molecule has 1 N–H and O–H groups in total. The molecule has 1 amide bonds. The molecule has 108 valence electrons. The highest BCUT2D eigenvalue weighted by atomic mass is 16.5. The molecule has 0 saturated carbocycles. The van der Waals surface area contributed by atoms with E-state index in [0.717, 1.165) is 6.54 Å². The van der Waals surface area contributed by atoms with Crippen molar-refractivity contribution in [1.82, 2.24) is 4.90 Å². The molecule has 1 aromatic carbocycles. The van der Waals surface area contributed by atoms with Crippen LogP contribution in [-0.4, -0.2) is 43.7 Å². The number of hydrogen-bond acceptors (Lipinski definition) is 4. The molecule has 0 aromatic heterocycles. The Morgan fingerprint density at radius 1 is 1.45 bits per heavy atom. The minimum atomic E-state index is -0.0699. The normalized spacial score (nSPS) is 11.9. The number of ether oxygens (including phenoxy) is 1. The lowest BCUT2D eigenvalue weighted by Crippen LogP contribution is -2.41. The topological polar surface area (TPSA) is 65.4 Å². The van der Waals surface area contributed by atoms with E-state index in [0.29, 0.717) is 24.4 Å². The van der Waals surface area contributed by atoms with Gasteiger partial charge in [0.05, 0.1) is 24.8 Å². The summed E-state index contributed by atoms with van der Waals surface area (Å²) in [6, 6.07) is 9.05. The molecule has 5 nitrogen and oxygen atoms in total. The van der Waals surface area contributed by atoms with E-state index in [1.807, 2.05) is 24.8 Å². The number of nitriles is 1. The minimum Gasteiger partial charge on any atom is -0.383 e. The summed E-state index contributed by atoms with van der Waals surface area (Å²) < 4.78 is 5.11. The molecule has 1 unspecified atom stereocenters. The minimum absolute atomic E-state index is 0.0699. The first-order valence-corrected chi connectivity index (χ1v) is 6.63. The molecule has 0 saturated heterocycles. The highest BCUT2D eigenvalue weighted by Crippen LogP contribution is 2.09. The van der Waals surface area contributed by atoms with E-state index in [9.17, 15) is 4.79 Å². The van der Waals surface area contributed by atoms with Crippen molar-refractivity contribution < 1.29 is 9.53 Å². The monoisotopic (exact) mass is 275 g/mol. The van der Waals surface area contributed by atoms with E-state index in [2.05, 4.69) is 5.32 Å². The van der Waals surface area contributed by atoms with Crippen LogP contribution in [0.5, 0.6) is 0 Å². The van der Waals surface area contributed by atoms with Crippen molar-refractivity contribution in [2.75, 3.05) is 32.1 Å². The van der Waals surface area contributed by atoms with Crippen LogP contribution in [0.25, 0.3) is 0 Å². The number of rotatable bonds is 7. The third-order valence-electron chi connectivity index (χ3n) is 3.08. The molecule has 0 aliphatic rings. The van der Waals surface area contributed by atoms with Crippen LogP contribution in [0.4, 0.5) is 5.69 Å². The fourth-order valence-electron chi connectivity index (χ4n) is 1.94. The SMILES string of the molecule is CCN(CC(=O)Nc1ccc(C#N)cc1)C(C)COC. The Kier molecular flexibility index (Phi) is 6.71. The van der Waals surface area contributed by atoms with Crippen molar-refractivity contribution in [1.29, 1.82) is 5.26 Å². The zero-order chi connectivity index (χ0) is 15.0. The van der Waals surface area contributed by atoms with Gasteiger partial charge in [-0.05, 0) is 37.7 Å². The Bertz CT molecular complexity index is 465. The second-order valence-electron chi connectivity index (χ2n) is 4.60. The first-order valence-electron chi connectivity index (χ1n) is 6.63. The van der Waals surface area contributed by atoms with Crippen LogP contribution in [0, 0.1) is 11.3 Å². The lowest BCUT2D eigenvalue weighted by molar-refractivity contribution is -0.118. The van der Waals surface area contributed by atoms with Crippen LogP contribution in [-0.2, 0) is 9.53 Å². The molecule has 5 heteroatoms. The van der Waals surface area contributed by atoms with Crippen LogP contribution >= 0.6 is 0 Å². The van der Waals surface area contributed by atoms with Gasteiger partial charge < -0.3 is 10.1 Å². The van der Waals surface area contributed by atoms with Gasteiger partial charge >= 0.3 is 0 Å². The summed E-state index contributed by atoms with van der Waals surface area (Å²) in [5.41, 5.74) is 1.27. The molecule has 0 radical (unpaired) electrons. The average Bonchev–Trinajstić information content (AvgIpc) is 2.45. The van der Waals surface area contributed by atoms with Crippen molar-refractivity contribution >= 4 is 11.6 Å². The number of likely N-dealkylation sites (N-methyl/N-ethyl adjacent to an activating group) is 1. The molecule has 1 atom stereocenters. The number of carbonyl (C=O) groups excluding carboxylic acids is 1. The van der Waals surface area contributed by atoms with E-state index in [1.165, 1.54) is 0 Å². The summed E-state index contributed by atoms with van der Waals surface area (Å²) in [5.74, 6) is -0.0699. The number of benzene rings is 1. The molecule has 0 bridgehead atoms. The number of hydrogen-bond donors (Lipinski definition) is 1. The Hall–Kier alpha value is -1.90. The van der Waals surface area contributed by atoms with Gasteiger partial charge in [-0.2, -0.15) is 5.26 Å². The molecule has 0 spiro atoms. The number of nitrogens with zero attached hydrogens (tertiary/aromatic N) is 2. The van der Waals surface area contributed by atoms with Crippen LogP contribution < -0.4 is 5.32 Å². The number of methoxy groups -OCH3 is 1. The van der Waals surface area contributed by atoms with Crippen molar-refractivity contribution in [2.24, 2.45) is 0 Å². The first-order chi connectivity index (χ1) is 9.60. The molecule has 20 heavy (non-hydrogen) atoms. The number of carbonyl (C=O) groups is 1. The van der Waals surface area contributed by atoms with E-state index in [4.69, 9.17) is 10.00 Å². The zero-order valence-corrected chi connectivity index (χ0v) is 12.2. The summed E-state index contributed by atoms with van der Waals surface area (Å²) in [6.45, 7) is 5.74. The lowest BCUT2D eigenvalue weighted by Gasteiger charge is -2.26. The van der Waals surface area contributed by atoms with Crippen LogP contribution in [0.15, 0.2) is 24.3 Å². The van der Waals surface area contributed by atoms with E-state index in [-0.39, 0.29) is 11.9 Å². The third kappa shape index (κ3) is 5.00. The number of amides is 1. The van der Waals surface area contributed by atoms with Gasteiger partial charge in [-0.3, -0.25) is 9.69 Å². The van der Waals surface area contributed by atoms with Gasteiger partial charge in [-0.15, -0.1) is 0 Å². The van der Waals surface area contributed by atoms with Gasteiger partial charge in [0.1, 0.15) is 0 Å². The van der Waals surface area contributed by atoms with Crippen LogP contribution in [0.3, 0.4) is 0 Å². The highest BCUT2D eigenvalue weighted by molar-refractivity contribution is 5.92.